The van der Waals surface area contributed by atoms with Gasteiger partial charge in [0.1, 0.15) is 11.6 Å². The molecule has 0 spiro atoms. The number of nitrogens with one attached hydrogen (secondary N) is 2. The molecule has 2 aromatic heterocycles. The summed E-state index contributed by atoms with van der Waals surface area (Å²) in [5.74, 6) is 0.171. The predicted molar refractivity (Wildman–Crippen MR) is 60.3 cm³/mol. The molecule has 0 atom stereocenters. The molecule has 16 heavy (non-hydrogen) atoms. The summed E-state index contributed by atoms with van der Waals surface area (Å²) in [5.41, 5.74) is 7.89. The summed E-state index contributed by atoms with van der Waals surface area (Å²) in [6.07, 6.45) is 0. The number of nitrogens with two attached hydrogens (primary N) is 1. The number of aromatic amines is 2. The molecule has 0 aliphatic rings. The van der Waals surface area contributed by atoms with Gasteiger partial charge in [-0.25, -0.2) is 4.39 Å². The van der Waals surface area contributed by atoms with Crippen molar-refractivity contribution >= 4 is 16.7 Å². The third-order valence-electron chi connectivity index (χ3n) is 2.47. The molecular weight excluding hydrogens is 207 g/mol. The van der Waals surface area contributed by atoms with E-state index in [0.717, 1.165) is 22.3 Å². The van der Waals surface area contributed by atoms with E-state index in [1.165, 1.54) is 12.1 Å². The summed E-state index contributed by atoms with van der Waals surface area (Å²) < 4.78 is 13.0. The first kappa shape index (κ1) is 8.96. The topological polar surface area (TPSA) is 70.5 Å². The molecule has 0 saturated heterocycles. The van der Waals surface area contributed by atoms with Crippen LogP contribution in [0.4, 0.5) is 10.2 Å². The smallest absolute Gasteiger partial charge is 0.145 e. The number of fused-ring (bicyclic) bond motifs is 1. The van der Waals surface area contributed by atoms with Crippen molar-refractivity contribution in [3.8, 4) is 11.4 Å². The average Bonchev–Trinajstić information content (AvgIpc) is 2.83. The third-order valence-corrected chi connectivity index (χ3v) is 2.47. The van der Waals surface area contributed by atoms with E-state index in [-0.39, 0.29) is 5.82 Å². The Bertz CT molecular complexity index is 653. The van der Waals surface area contributed by atoms with Crippen LogP contribution in [0.15, 0.2) is 30.3 Å². The fourth-order valence-electron chi connectivity index (χ4n) is 1.72. The molecule has 0 unspecified atom stereocenters. The maximum atomic E-state index is 13.0. The SMILES string of the molecule is Nc1cc(-c2cc3ccc(F)cc3[nH]2)[nH]n1. The molecule has 4 nitrogen and oxygen atoms in total. The highest BCUT2D eigenvalue weighted by atomic mass is 19.1. The first-order valence-electron chi connectivity index (χ1n) is 4.82. The zero-order valence-electron chi connectivity index (χ0n) is 8.29. The molecule has 0 amide bonds. The lowest BCUT2D eigenvalue weighted by atomic mass is 10.2. The summed E-state index contributed by atoms with van der Waals surface area (Å²) >= 11 is 0. The van der Waals surface area contributed by atoms with Crippen molar-refractivity contribution < 1.29 is 4.39 Å². The standard InChI is InChI=1S/C11H9FN4/c12-7-2-1-6-3-9(14-8(6)4-7)10-5-11(13)16-15-10/h1-5,14H,(H3,13,15,16). The van der Waals surface area contributed by atoms with Gasteiger partial charge in [-0.05, 0) is 24.3 Å². The van der Waals surface area contributed by atoms with Crippen molar-refractivity contribution in [2.45, 2.75) is 0 Å². The van der Waals surface area contributed by atoms with Gasteiger partial charge in [-0.15, -0.1) is 0 Å². The van der Waals surface area contributed by atoms with Crippen molar-refractivity contribution in [3.05, 3.63) is 36.1 Å². The number of anilines is 1. The van der Waals surface area contributed by atoms with Gasteiger partial charge in [0.05, 0.1) is 11.4 Å². The molecule has 3 rings (SSSR count). The van der Waals surface area contributed by atoms with Crippen LogP contribution in [0, 0.1) is 5.82 Å². The first-order valence-corrected chi connectivity index (χ1v) is 4.82. The lowest BCUT2D eigenvalue weighted by Crippen LogP contribution is -1.81. The van der Waals surface area contributed by atoms with E-state index in [1.54, 1.807) is 12.1 Å². The van der Waals surface area contributed by atoms with Crippen molar-refractivity contribution in [3.63, 3.8) is 0 Å². The van der Waals surface area contributed by atoms with Crippen molar-refractivity contribution in [1.29, 1.82) is 0 Å². The van der Waals surface area contributed by atoms with Gasteiger partial charge < -0.3 is 10.7 Å². The second-order valence-corrected chi connectivity index (χ2v) is 3.62. The molecule has 0 bridgehead atoms. The maximum Gasteiger partial charge on any atom is 0.145 e. The molecule has 5 heteroatoms. The summed E-state index contributed by atoms with van der Waals surface area (Å²) in [6.45, 7) is 0. The van der Waals surface area contributed by atoms with E-state index in [0.29, 0.717) is 5.82 Å². The molecule has 2 heterocycles. The van der Waals surface area contributed by atoms with Crippen LogP contribution >= 0.6 is 0 Å². The van der Waals surface area contributed by atoms with Crippen LogP contribution in [0.5, 0.6) is 0 Å². The number of hydrogen-bond donors (Lipinski definition) is 3. The zero-order valence-corrected chi connectivity index (χ0v) is 8.29. The van der Waals surface area contributed by atoms with Gasteiger partial charge in [0.25, 0.3) is 0 Å². The average molecular weight is 216 g/mol. The summed E-state index contributed by atoms with van der Waals surface area (Å²) in [7, 11) is 0. The minimum absolute atomic E-state index is 0.259. The lowest BCUT2D eigenvalue weighted by molar-refractivity contribution is 0.629. The van der Waals surface area contributed by atoms with Crippen LogP contribution in [-0.4, -0.2) is 15.2 Å². The van der Waals surface area contributed by atoms with Gasteiger partial charge in [0.2, 0.25) is 0 Å². The van der Waals surface area contributed by atoms with Crippen LogP contribution in [0.2, 0.25) is 0 Å². The highest BCUT2D eigenvalue weighted by Gasteiger charge is 2.06. The summed E-state index contributed by atoms with van der Waals surface area (Å²) in [4.78, 5) is 3.10. The van der Waals surface area contributed by atoms with Crippen LogP contribution < -0.4 is 5.73 Å². The van der Waals surface area contributed by atoms with Crippen molar-refractivity contribution in [2.75, 3.05) is 5.73 Å². The molecule has 0 fully saturated rings. The first-order chi connectivity index (χ1) is 7.72. The van der Waals surface area contributed by atoms with E-state index >= 15 is 0 Å². The highest BCUT2D eigenvalue weighted by molar-refractivity contribution is 5.85. The monoisotopic (exact) mass is 216 g/mol. The van der Waals surface area contributed by atoms with Crippen LogP contribution in [0.25, 0.3) is 22.3 Å². The molecule has 3 aromatic rings. The van der Waals surface area contributed by atoms with Gasteiger partial charge in [-0.2, -0.15) is 5.10 Å². The summed E-state index contributed by atoms with van der Waals surface area (Å²) in [6, 6.07) is 8.26. The second-order valence-electron chi connectivity index (χ2n) is 3.62. The molecular formula is C11H9FN4. The predicted octanol–water partition coefficient (Wildman–Crippen LogP) is 2.28. The molecule has 80 valence electrons. The molecule has 0 saturated carbocycles. The Morgan fingerprint density at radius 1 is 1.12 bits per heavy atom. The Hall–Kier alpha value is -2.30. The van der Waals surface area contributed by atoms with Crippen LogP contribution in [0.1, 0.15) is 0 Å². The van der Waals surface area contributed by atoms with E-state index in [1.807, 2.05) is 6.07 Å². The number of nitrogens with zero attached hydrogens (tertiary/aromatic N) is 1. The van der Waals surface area contributed by atoms with Crippen LogP contribution in [-0.2, 0) is 0 Å². The fraction of sp³-hybridized carbons (Fsp3) is 0. The van der Waals surface area contributed by atoms with Gasteiger partial charge >= 0.3 is 0 Å². The van der Waals surface area contributed by atoms with Gasteiger partial charge in [0.15, 0.2) is 0 Å². The Kier molecular flexibility index (Phi) is 1.73. The van der Waals surface area contributed by atoms with E-state index < -0.39 is 0 Å². The normalized spacial score (nSPS) is 11.1. The fourth-order valence-corrected chi connectivity index (χ4v) is 1.72. The largest absolute Gasteiger partial charge is 0.382 e. The van der Waals surface area contributed by atoms with Crippen molar-refractivity contribution in [2.24, 2.45) is 0 Å². The number of halogens is 1. The number of rotatable bonds is 1. The van der Waals surface area contributed by atoms with Gasteiger partial charge in [0, 0.05) is 17.0 Å². The molecule has 0 radical (unpaired) electrons. The number of benzene rings is 1. The number of hydrogen-bond acceptors (Lipinski definition) is 2. The Balaban J connectivity index is 2.18. The Labute approximate surface area is 90.3 Å². The van der Waals surface area contributed by atoms with Gasteiger partial charge in [-0.1, -0.05) is 0 Å². The minimum atomic E-state index is -0.259. The Morgan fingerprint density at radius 3 is 2.75 bits per heavy atom. The molecule has 0 aliphatic carbocycles. The summed E-state index contributed by atoms with van der Waals surface area (Å²) in [5, 5.41) is 7.59. The van der Waals surface area contributed by atoms with E-state index in [9.17, 15) is 4.39 Å². The van der Waals surface area contributed by atoms with Gasteiger partial charge in [-0.3, -0.25) is 5.10 Å². The molecule has 0 aliphatic heterocycles. The zero-order chi connectivity index (χ0) is 11.1. The van der Waals surface area contributed by atoms with E-state index in [4.69, 9.17) is 5.73 Å². The Morgan fingerprint density at radius 2 is 2.00 bits per heavy atom. The molecule has 4 N–H and O–H groups in total. The number of nitrogen functional groups attached to an aromatic ring is 1. The molecule has 1 aromatic carbocycles. The van der Waals surface area contributed by atoms with E-state index in [2.05, 4.69) is 15.2 Å². The van der Waals surface area contributed by atoms with Crippen LogP contribution in [0.3, 0.4) is 0 Å². The highest BCUT2D eigenvalue weighted by Crippen LogP contribution is 2.23. The minimum Gasteiger partial charge on any atom is -0.382 e. The maximum absolute atomic E-state index is 13.0. The van der Waals surface area contributed by atoms with Crippen molar-refractivity contribution in [1.82, 2.24) is 15.2 Å². The second kappa shape index (κ2) is 3.10. The third kappa shape index (κ3) is 1.33. The lowest BCUT2D eigenvalue weighted by Gasteiger charge is -1.89. The quantitative estimate of drug-likeness (QED) is 0.584. The number of H-pyrrole nitrogens is 2. The number of aromatic nitrogens is 3.